The Labute approximate surface area is 123 Å². The Morgan fingerprint density at radius 2 is 2.30 bits per heavy atom. The van der Waals surface area contributed by atoms with Gasteiger partial charge in [-0.15, -0.1) is 0 Å². The van der Waals surface area contributed by atoms with Crippen LogP contribution in [0, 0.1) is 5.92 Å². The van der Waals surface area contributed by atoms with Gasteiger partial charge in [0.1, 0.15) is 0 Å². The van der Waals surface area contributed by atoms with Crippen molar-refractivity contribution < 1.29 is 5.11 Å². The summed E-state index contributed by atoms with van der Waals surface area (Å²) in [7, 11) is 0. The van der Waals surface area contributed by atoms with Crippen molar-refractivity contribution in [2.24, 2.45) is 11.7 Å². The number of fused-ring (bicyclic) bond motifs is 1. The van der Waals surface area contributed by atoms with E-state index in [1.165, 1.54) is 0 Å². The molecule has 0 aliphatic heterocycles. The van der Waals surface area contributed by atoms with E-state index in [4.69, 9.17) is 5.73 Å². The van der Waals surface area contributed by atoms with Crippen LogP contribution < -0.4 is 5.73 Å². The summed E-state index contributed by atoms with van der Waals surface area (Å²) in [5, 5.41) is 10.4. The molecule has 4 N–H and O–H groups in total. The zero-order valence-electron chi connectivity index (χ0n) is 11.5. The molecule has 1 aliphatic rings. The summed E-state index contributed by atoms with van der Waals surface area (Å²) in [5.74, 6) is 1.42. The van der Waals surface area contributed by atoms with Crippen LogP contribution >= 0.6 is 11.8 Å². The molecule has 108 valence electrons. The number of hydrogen-bond acceptors (Lipinski definition) is 4. The number of para-hydroxylation sites is 2. The quantitative estimate of drug-likeness (QED) is 0.740. The van der Waals surface area contributed by atoms with E-state index in [1.807, 2.05) is 24.3 Å². The van der Waals surface area contributed by atoms with E-state index in [0.29, 0.717) is 5.92 Å². The molecule has 2 unspecified atom stereocenters. The Hall–Kier alpha value is -1.04. The molecule has 2 aromatic rings. The number of aliphatic hydroxyl groups is 1. The van der Waals surface area contributed by atoms with Crippen LogP contribution in [-0.4, -0.2) is 33.0 Å². The first-order chi connectivity index (χ1) is 9.71. The van der Waals surface area contributed by atoms with Crippen LogP contribution in [0.1, 0.15) is 25.7 Å². The SMILES string of the molecule is NC1(CO)CCCC1CCSc1nc2ccccc2[nH]1. The number of H-pyrrole nitrogens is 1. The van der Waals surface area contributed by atoms with E-state index < -0.39 is 0 Å². The number of aromatic nitrogens is 2. The maximum atomic E-state index is 9.46. The molecule has 0 spiro atoms. The molecular weight excluding hydrogens is 270 g/mol. The van der Waals surface area contributed by atoms with Gasteiger partial charge in [-0.3, -0.25) is 0 Å². The summed E-state index contributed by atoms with van der Waals surface area (Å²) in [5.41, 5.74) is 8.00. The van der Waals surface area contributed by atoms with Gasteiger partial charge >= 0.3 is 0 Å². The minimum absolute atomic E-state index is 0.104. The van der Waals surface area contributed by atoms with Gasteiger partial charge in [-0.1, -0.05) is 30.3 Å². The number of rotatable bonds is 5. The van der Waals surface area contributed by atoms with Crippen molar-refractivity contribution in [3.05, 3.63) is 24.3 Å². The molecule has 0 saturated heterocycles. The lowest BCUT2D eigenvalue weighted by Crippen LogP contribution is -2.47. The smallest absolute Gasteiger partial charge is 0.166 e. The Morgan fingerprint density at radius 1 is 1.45 bits per heavy atom. The highest BCUT2D eigenvalue weighted by Crippen LogP contribution is 2.36. The van der Waals surface area contributed by atoms with Crippen molar-refractivity contribution in [1.29, 1.82) is 0 Å². The monoisotopic (exact) mass is 291 g/mol. The molecule has 1 heterocycles. The molecule has 1 saturated carbocycles. The highest BCUT2D eigenvalue weighted by atomic mass is 32.2. The predicted molar refractivity (Wildman–Crippen MR) is 82.8 cm³/mol. The number of nitrogens with two attached hydrogens (primary N) is 1. The molecule has 20 heavy (non-hydrogen) atoms. The predicted octanol–water partition coefficient (Wildman–Crippen LogP) is 2.54. The molecular formula is C15H21N3OS. The van der Waals surface area contributed by atoms with Crippen molar-refractivity contribution in [3.8, 4) is 0 Å². The first-order valence-electron chi connectivity index (χ1n) is 7.18. The number of aromatic amines is 1. The highest BCUT2D eigenvalue weighted by molar-refractivity contribution is 7.99. The van der Waals surface area contributed by atoms with Gasteiger partial charge in [0, 0.05) is 11.3 Å². The fourth-order valence-corrected chi connectivity index (χ4v) is 4.05. The van der Waals surface area contributed by atoms with E-state index in [9.17, 15) is 5.11 Å². The van der Waals surface area contributed by atoms with Crippen LogP contribution in [0.4, 0.5) is 0 Å². The standard InChI is InChI=1S/C15H21N3OS/c16-15(10-19)8-3-4-11(15)7-9-20-14-17-12-5-1-2-6-13(12)18-14/h1-2,5-6,11,19H,3-4,7-10,16H2,(H,17,18). The van der Waals surface area contributed by atoms with Gasteiger partial charge in [0.25, 0.3) is 0 Å². The minimum atomic E-state index is -0.353. The summed E-state index contributed by atoms with van der Waals surface area (Å²) in [4.78, 5) is 7.89. The molecule has 1 aromatic carbocycles. The van der Waals surface area contributed by atoms with Crippen LogP contribution in [0.2, 0.25) is 0 Å². The lowest BCUT2D eigenvalue weighted by Gasteiger charge is -2.29. The third-order valence-corrected chi connectivity index (χ3v) is 5.28. The number of imidazole rings is 1. The molecule has 5 heteroatoms. The zero-order chi connectivity index (χ0) is 14.0. The fraction of sp³-hybridized carbons (Fsp3) is 0.533. The second-order valence-corrected chi connectivity index (χ2v) is 6.76. The van der Waals surface area contributed by atoms with Crippen molar-refractivity contribution in [1.82, 2.24) is 9.97 Å². The van der Waals surface area contributed by atoms with Gasteiger partial charge in [0.05, 0.1) is 17.6 Å². The molecule has 2 atom stereocenters. The van der Waals surface area contributed by atoms with Gasteiger partial charge in [-0.2, -0.15) is 0 Å². The first-order valence-corrected chi connectivity index (χ1v) is 8.17. The largest absolute Gasteiger partial charge is 0.394 e. The van der Waals surface area contributed by atoms with Crippen molar-refractivity contribution in [2.45, 2.75) is 36.4 Å². The maximum Gasteiger partial charge on any atom is 0.166 e. The van der Waals surface area contributed by atoms with E-state index in [0.717, 1.165) is 47.6 Å². The second kappa shape index (κ2) is 5.76. The lowest BCUT2D eigenvalue weighted by atomic mass is 9.87. The third-order valence-electron chi connectivity index (χ3n) is 4.37. The highest BCUT2D eigenvalue weighted by Gasteiger charge is 2.38. The Morgan fingerprint density at radius 3 is 3.10 bits per heavy atom. The van der Waals surface area contributed by atoms with E-state index in [1.54, 1.807) is 11.8 Å². The van der Waals surface area contributed by atoms with Crippen LogP contribution in [0.15, 0.2) is 29.4 Å². The molecule has 1 aromatic heterocycles. The number of nitrogens with zero attached hydrogens (tertiary/aromatic N) is 1. The van der Waals surface area contributed by atoms with Crippen LogP contribution in [-0.2, 0) is 0 Å². The van der Waals surface area contributed by atoms with Crippen LogP contribution in [0.5, 0.6) is 0 Å². The van der Waals surface area contributed by atoms with Crippen LogP contribution in [0.3, 0.4) is 0 Å². The summed E-state index contributed by atoms with van der Waals surface area (Å²) < 4.78 is 0. The summed E-state index contributed by atoms with van der Waals surface area (Å²) in [6, 6.07) is 8.07. The van der Waals surface area contributed by atoms with Gasteiger partial charge in [-0.25, -0.2) is 4.98 Å². The van der Waals surface area contributed by atoms with E-state index in [-0.39, 0.29) is 12.1 Å². The van der Waals surface area contributed by atoms with Crippen molar-refractivity contribution >= 4 is 22.8 Å². The third kappa shape index (κ3) is 2.71. The van der Waals surface area contributed by atoms with Crippen molar-refractivity contribution in [2.75, 3.05) is 12.4 Å². The molecule has 1 aliphatic carbocycles. The summed E-state index contributed by atoms with van der Waals surface area (Å²) in [6.45, 7) is 0.104. The van der Waals surface area contributed by atoms with Crippen LogP contribution in [0.25, 0.3) is 11.0 Å². The number of hydrogen-bond donors (Lipinski definition) is 3. The lowest BCUT2D eigenvalue weighted by molar-refractivity contribution is 0.158. The first kappa shape index (κ1) is 13.9. The van der Waals surface area contributed by atoms with Gasteiger partial charge in [-0.05, 0) is 37.3 Å². The second-order valence-electron chi connectivity index (χ2n) is 5.68. The van der Waals surface area contributed by atoms with Gasteiger partial charge in [0.2, 0.25) is 0 Å². The molecule has 0 amide bonds. The fourth-order valence-electron chi connectivity index (χ4n) is 3.10. The average Bonchev–Trinajstić information content (AvgIpc) is 3.03. The zero-order valence-corrected chi connectivity index (χ0v) is 12.3. The van der Waals surface area contributed by atoms with E-state index >= 15 is 0 Å². The number of thioether (sulfide) groups is 1. The Balaban J connectivity index is 1.57. The normalized spacial score (nSPS) is 26.4. The van der Waals surface area contributed by atoms with Crippen molar-refractivity contribution in [3.63, 3.8) is 0 Å². The minimum Gasteiger partial charge on any atom is -0.394 e. The van der Waals surface area contributed by atoms with Gasteiger partial charge < -0.3 is 15.8 Å². The topological polar surface area (TPSA) is 74.9 Å². The summed E-state index contributed by atoms with van der Waals surface area (Å²) >= 11 is 1.74. The molecule has 4 nitrogen and oxygen atoms in total. The average molecular weight is 291 g/mol. The molecule has 1 fully saturated rings. The number of aliphatic hydroxyl groups excluding tert-OH is 1. The number of nitrogens with one attached hydrogen (secondary N) is 1. The molecule has 0 radical (unpaired) electrons. The van der Waals surface area contributed by atoms with E-state index in [2.05, 4.69) is 9.97 Å². The Bertz CT molecular complexity index is 552. The summed E-state index contributed by atoms with van der Waals surface area (Å²) in [6.07, 6.45) is 4.26. The molecule has 0 bridgehead atoms. The van der Waals surface area contributed by atoms with Gasteiger partial charge in [0.15, 0.2) is 5.16 Å². The molecule has 3 rings (SSSR count). The maximum absolute atomic E-state index is 9.46. The Kier molecular flexibility index (Phi) is 4.01. The number of benzene rings is 1.